The Labute approximate surface area is 152 Å². The smallest absolute Gasteiger partial charge is 0.255 e. The fourth-order valence-corrected chi connectivity index (χ4v) is 4.89. The van der Waals surface area contributed by atoms with Crippen LogP contribution in [0.4, 0.5) is 0 Å². The molecule has 0 N–H and O–H groups in total. The van der Waals surface area contributed by atoms with Crippen LogP contribution in [-0.4, -0.2) is 82.4 Å². The number of hydrogen-bond acceptors (Lipinski definition) is 6. The Morgan fingerprint density at radius 2 is 1.64 bits per heavy atom. The normalized spacial score (nSPS) is 19.8. The van der Waals surface area contributed by atoms with Crippen molar-refractivity contribution in [3.05, 3.63) is 23.8 Å². The zero-order valence-electron chi connectivity index (χ0n) is 14.1. The van der Waals surface area contributed by atoms with Crippen molar-refractivity contribution in [1.82, 2.24) is 9.21 Å². The fraction of sp³-hybridized carbons (Fsp3) is 0.562. The number of benzene rings is 1. The van der Waals surface area contributed by atoms with Crippen LogP contribution >= 0.6 is 11.8 Å². The first-order chi connectivity index (χ1) is 12.0. The van der Waals surface area contributed by atoms with Crippen LogP contribution < -0.4 is 0 Å². The van der Waals surface area contributed by atoms with Crippen molar-refractivity contribution in [3.63, 3.8) is 0 Å². The third-order valence-electron chi connectivity index (χ3n) is 4.31. The molecule has 0 atom stereocenters. The van der Waals surface area contributed by atoms with Gasteiger partial charge in [-0.05, 0) is 24.5 Å². The lowest BCUT2D eigenvalue weighted by molar-refractivity contribution is 0.0300. The van der Waals surface area contributed by atoms with E-state index in [1.807, 2.05) is 6.26 Å². The molecular formula is C16H22N2O5S2. The SMILES string of the molecule is CSc1ccc(S(=O)(=O)N2CCOCC2)cc1C(=O)N1CCOCC1. The molecule has 2 aliphatic heterocycles. The van der Waals surface area contributed by atoms with Gasteiger partial charge in [0.15, 0.2) is 0 Å². The van der Waals surface area contributed by atoms with Crippen LogP contribution in [0.5, 0.6) is 0 Å². The van der Waals surface area contributed by atoms with E-state index in [2.05, 4.69) is 0 Å². The van der Waals surface area contributed by atoms with Gasteiger partial charge in [0.05, 0.1) is 36.9 Å². The third kappa shape index (κ3) is 4.01. The zero-order valence-corrected chi connectivity index (χ0v) is 15.8. The minimum absolute atomic E-state index is 0.147. The minimum atomic E-state index is -3.63. The van der Waals surface area contributed by atoms with Gasteiger partial charge < -0.3 is 14.4 Å². The standard InChI is InChI=1S/C16H22N2O5S2/c1-24-15-3-2-13(25(20,21)18-6-10-23-11-7-18)12-14(15)16(19)17-4-8-22-9-5-17/h2-3,12H,4-11H2,1H3. The average molecular weight is 386 g/mol. The maximum Gasteiger partial charge on any atom is 0.255 e. The summed E-state index contributed by atoms with van der Waals surface area (Å²) in [5.74, 6) is -0.147. The first-order valence-electron chi connectivity index (χ1n) is 8.17. The second kappa shape index (κ2) is 8.05. The molecule has 0 unspecified atom stereocenters. The summed E-state index contributed by atoms with van der Waals surface area (Å²) in [4.78, 5) is 15.5. The molecule has 2 aliphatic rings. The molecule has 0 bridgehead atoms. The van der Waals surface area contributed by atoms with Crippen LogP contribution in [0.3, 0.4) is 0 Å². The Morgan fingerprint density at radius 3 is 2.24 bits per heavy atom. The Morgan fingerprint density at radius 1 is 1.04 bits per heavy atom. The van der Waals surface area contributed by atoms with Crippen molar-refractivity contribution in [3.8, 4) is 0 Å². The van der Waals surface area contributed by atoms with Gasteiger partial charge in [0.25, 0.3) is 5.91 Å². The van der Waals surface area contributed by atoms with E-state index in [-0.39, 0.29) is 10.8 Å². The first-order valence-corrected chi connectivity index (χ1v) is 10.8. The molecule has 1 aromatic carbocycles. The topological polar surface area (TPSA) is 76.2 Å². The molecule has 0 saturated carbocycles. The lowest BCUT2D eigenvalue weighted by Crippen LogP contribution is -2.41. The van der Waals surface area contributed by atoms with E-state index in [0.29, 0.717) is 58.2 Å². The van der Waals surface area contributed by atoms with Crippen molar-refractivity contribution in [2.45, 2.75) is 9.79 Å². The summed E-state index contributed by atoms with van der Waals surface area (Å²) in [5.41, 5.74) is 0.434. The van der Waals surface area contributed by atoms with Crippen molar-refractivity contribution in [2.24, 2.45) is 0 Å². The molecule has 0 radical (unpaired) electrons. The Hall–Kier alpha value is -1.13. The zero-order chi connectivity index (χ0) is 17.9. The van der Waals surface area contributed by atoms with Gasteiger partial charge in [-0.25, -0.2) is 8.42 Å². The van der Waals surface area contributed by atoms with Crippen LogP contribution in [0.1, 0.15) is 10.4 Å². The minimum Gasteiger partial charge on any atom is -0.379 e. The van der Waals surface area contributed by atoms with Crippen LogP contribution in [0, 0.1) is 0 Å². The van der Waals surface area contributed by atoms with Crippen molar-refractivity contribution in [1.29, 1.82) is 0 Å². The second-order valence-electron chi connectivity index (χ2n) is 5.78. The van der Waals surface area contributed by atoms with Gasteiger partial charge in [-0.3, -0.25) is 4.79 Å². The summed E-state index contributed by atoms with van der Waals surface area (Å²) in [7, 11) is -3.63. The highest BCUT2D eigenvalue weighted by Crippen LogP contribution is 2.27. The van der Waals surface area contributed by atoms with Crippen LogP contribution in [0.15, 0.2) is 28.0 Å². The molecule has 2 saturated heterocycles. The molecule has 1 amide bonds. The number of carbonyl (C=O) groups is 1. The number of morpholine rings is 2. The molecule has 2 fully saturated rings. The maximum absolute atomic E-state index is 12.9. The molecule has 0 spiro atoms. The number of nitrogens with zero attached hydrogens (tertiary/aromatic N) is 2. The summed E-state index contributed by atoms with van der Waals surface area (Å²) < 4.78 is 37.6. The molecule has 0 aliphatic carbocycles. The molecule has 7 nitrogen and oxygen atoms in total. The number of carbonyl (C=O) groups excluding carboxylic acids is 1. The van der Waals surface area contributed by atoms with E-state index in [9.17, 15) is 13.2 Å². The highest BCUT2D eigenvalue weighted by Gasteiger charge is 2.29. The quantitative estimate of drug-likeness (QED) is 0.716. The fourth-order valence-electron chi connectivity index (χ4n) is 2.89. The lowest BCUT2D eigenvalue weighted by Gasteiger charge is -2.28. The first kappa shape index (κ1) is 18.7. The molecule has 25 heavy (non-hydrogen) atoms. The Bertz CT molecular complexity index is 726. The summed E-state index contributed by atoms with van der Waals surface area (Å²) in [6, 6.07) is 4.80. The number of thioether (sulfide) groups is 1. The van der Waals surface area contributed by atoms with Crippen LogP contribution in [0.2, 0.25) is 0 Å². The highest BCUT2D eigenvalue weighted by atomic mass is 32.2. The summed E-state index contributed by atoms with van der Waals surface area (Å²) in [5, 5.41) is 0. The van der Waals surface area contributed by atoms with E-state index in [0.717, 1.165) is 4.90 Å². The van der Waals surface area contributed by atoms with Gasteiger partial charge in [-0.15, -0.1) is 11.8 Å². The average Bonchev–Trinajstić information content (AvgIpc) is 2.68. The van der Waals surface area contributed by atoms with Crippen molar-refractivity contribution in [2.75, 3.05) is 58.9 Å². The molecule has 138 valence electrons. The number of hydrogen-bond donors (Lipinski definition) is 0. The van der Waals surface area contributed by atoms with Gasteiger partial charge in [-0.2, -0.15) is 4.31 Å². The molecule has 2 heterocycles. The molecular weight excluding hydrogens is 364 g/mol. The van der Waals surface area contributed by atoms with E-state index in [1.165, 1.54) is 22.1 Å². The Kier molecular flexibility index (Phi) is 6.00. The number of rotatable bonds is 4. The highest BCUT2D eigenvalue weighted by molar-refractivity contribution is 7.98. The second-order valence-corrected chi connectivity index (χ2v) is 8.57. The summed E-state index contributed by atoms with van der Waals surface area (Å²) in [6.45, 7) is 3.50. The van der Waals surface area contributed by atoms with Crippen LogP contribution in [0.25, 0.3) is 0 Å². The van der Waals surface area contributed by atoms with E-state index in [1.54, 1.807) is 17.0 Å². The number of sulfonamides is 1. The summed E-state index contributed by atoms with van der Waals surface area (Å²) in [6.07, 6.45) is 1.88. The third-order valence-corrected chi connectivity index (χ3v) is 7.00. The monoisotopic (exact) mass is 386 g/mol. The van der Waals surface area contributed by atoms with Crippen molar-refractivity contribution < 1.29 is 22.7 Å². The summed E-state index contributed by atoms with van der Waals surface area (Å²) >= 11 is 1.44. The van der Waals surface area contributed by atoms with Gasteiger partial charge >= 0.3 is 0 Å². The molecule has 3 rings (SSSR count). The van der Waals surface area contributed by atoms with Gasteiger partial charge in [-0.1, -0.05) is 0 Å². The maximum atomic E-state index is 12.9. The van der Waals surface area contributed by atoms with Crippen LogP contribution in [-0.2, 0) is 19.5 Å². The van der Waals surface area contributed by atoms with Crippen molar-refractivity contribution >= 4 is 27.7 Å². The largest absolute Gasteiger partial charge is 0.379 e. The number of amides is 1. The lowest BCUT2D eigenvalue weighted by atomic mass is 10.2. The van der Waals surface area contributed by atoms with Gasteiger partial charge in [0, 0.05) is 31.1 Å². The van der Waals surface area contributed by atoms with E-state index in [4.69, 9.17) is 9.47 Å². The Balaban J connectivity index is 1.92. The van der Waals surface area contributed by atoms with E-state index < -0.39 is 10.0 Å². The predicted octanol–water partition coefficient (Wildman–Crippen LogP) is 0.902. The molecule has 9 heteroatoms. The molecule has 0 aromatic heterocycles. The molecule has 1 aromatic rings. The van der Waals surface area contributed by atoms with Gasteiger partial charge in [0.2, 0.25) is 10.0 Å². The van der Waals surface area contributed by atoms with Gasteiger partial charge in [0.1, 0.15) is 0 Å². The predicted molar refractivity (Wildman–Crippen MR) is 94.5 cm³/mol. The number of ether oxygens (including phenoxy) is 2. The van der Waals surface area contributed by atoms with E-state index >= 15 is 0 Å².